The lowest BCUT2D eigenvalue weighted by atomic mass is 10.1. The second kappa shape index (κ2) is 7.07. The van der Waals surface area contributed by atoms with Gasteiger partial charge in [0.25, 0.3) is 0 Å². The van der Waals surface area contributed by atoms with Gasteiger partial charge in [-0.2, -0.15) is 8.78 Å². The summed E-state index contributed by atoms with van der Waals surface area (Å²) in [7, 11) is 0. The summed E-state index contributed by atoms with van der Waals surface area (Å²) < 4.78 is 29.1. The van der Waals surface area contributed by atoms with Crippen molar-refractivity contribution >= 4 is 5.96 Å². The van der Waals surface area contributed by atoms with E-state index in [-0.39, 0.29) is 12.3 Å². The molecule has 1 aliphatic rings. The molecule has 4 nitrogen and oxygen atoms in total. The number of guanidine groups is 1. The third-order valence-electron chi connectivity index (χ3n) is 3.28. The standard InChI is InChI=1S/C14H19F2N3O/c15-13(16)20-12-7-3-2-6-11(12)10-18-14(17)19-8-4-1-5-9-19/h2-3,6-7,13H,1,4-5,8-10H2,(H2,17,18). The number of hydrogen-bond acceptors (Lipinski definition) is 2. The van der Waals surface area contributed by atoms with E-state index in [0.29, 0.717) is 11.5 Å². The number of piperidine rings is 1. The van der Waals surface area contributed by atoms with Gasteiger partial charge in [-0.25, -0.2) is 4.99 Å². The van der Waals surface area contributed by atoms with E-state index in [0.717, 1.165) is 25.9 Å². The molecule has 110 valence electrons. The van der Waals surface area contributed by atoms with Crippen LogP contribution >= 0.6 is 0 Å². The Balaban J connectivity index is 2.02. The van der Waals surface area contributed by atoms with Crippen molar-refractivity contribution in [1.82, 2.24) is 4.90 Å². The number of halogens is 2. The normalized spacial score (nSPS) is 16.6. The molecular weight excluding hydrogens is 264 g/mol. The molecule has 1 aromatic rings. The first kappa shape index (κ1) is 14.6. The zero-order valence-electron chi connectivity index (χ0n) is 11.3. The van der Waals surface area contributed by atoms with E-state index in [4.69, 9.17) is 5.73 Å². The molecule has 0 aromatic heterocycles. The number of benzene rings is 1. The Kier molecular flexibility index (Phi) is 5.15. The Labute approximate surface area is 117 Å². The molecular formula is C14H19F2N3O. The zero-order chi connectivity index (χ0) is 14.4. The van der Waals surface area contributed by atoms with Gasteiger partial charge in [-0.15, -0.1) is 0 Å². The van der Waals surface area contributed by atoms with Crippen molar-refractivity contribution in [1.29, 1.82) is 0 Å². The van der Waals surface area contributed by atoms with E-state index in [1.54, 1.807) is 18.2 Å². The molecule has 1 aromatic carbocycles. The summed E-state index contributed by atoms with van der Waals surface area (Å²) in [5, 5.41) is 0. The van der Waals surface area contributed by atoms with Crippen LogP contribution < -0.4 is 10.5 Å². The summed E-state index contributed by atoms with van der Waals surface area (Å²) in [6.45, 7) is -0.778. The summed E-state index contributed by atoms with van der Waals surface area (Å²) in [4.78, 5) is 6.31. The van der Waals surface area contributed by atoms with Crippen LogP contribution in [0.5, 0.6) is 5.75 Å². The van der Waals surface area contributed by atoms with Gasteiger partial charge in [0.15, 0.2) is 5.96 Å². The second-order valence-electron chi connectivity index (χ2n) is 4.71. The number of likely N-dealkylation sites (tertiary alicyclic amines) is 1. The highest BCUT2D eigenvalue weighted by atomic mass is 19.3. The molecule has 1 fully saturated rings. The van der Waals surface area contributed by atoms with Crippen molar-refractivity contribution in [3.8, 4) is 5.75 Å². The van der Waals surface area contributed by atoms with E-state index < -0.39 is 6.61 Å². The highest BCUT2D eigenvalue weighted by Gasteiger charge is 2.13. The first-order valence-electron chi connectivity index (χ1n) is 6.74. The summed E-state index contributed by atoms with van der Waals surface area (Å²) in [6, 6.07) is 6.64. The van der Waals surface area contributed by atoms with Crippen molar-refractivity contribution in [2.24, 2.45) is 10.7 Å². The highest BCUT2D eigenvalue weighted by molar-refractivity contribution is 5.78. The second-order valence-corrected chi connectivity index (χ2v) is 4.71. The van der Waals surface area contributed by atoms with Crippen LogP contribution in [-0.2, 0) is 6.54 Å². The Bertz CT molecular complexity index is 459. The number of hydrogen-bond donors (Lipinski definition) is 1. The van der Waals surface area contributed by atoms with E-state index >= 15 is 0 Å². The molecule has 0 amide bonds. The van der Waals surface area contributed by atoms with Crippen molar-refractivity contribution in [2.75, 3.05) is 13.1 Å². The van der Waals surface area contributed by atoms with Crippen molar-refractivity contribution < 1.29 is 13.5 Å². The molecule has 1 heterocycles. The first-order chi connectivity index (χ1) is 9.66. The number of para-hydroxylation sites is 1. The molecule has 0 atom stereocenters. The fourth-order valence-corrected chi connectivity index (χ4v) is 2.23. The van der Waals surface area contributed by atoms with Gasteiger partial charge in [0.05, 0.1) is 6.54 Å². The topological polar surface area (TPSA) is 50.9 Å². The van der Waals surface area contributed by atoms with Gasteiger partial charge in [0, 0.05) is 18.7 Å². The minimum atomic E-state index is -2.83. The van der Waals surface area contributed by atoms with Crippen LogP contribution in [0, 0.1) is 0 Å². The van der Waals surface area contributed by atoms with Crippen LogP contribution in [-0.4, -0.2) is 30.6 Å². The van der Waals surface area contributed by atoms with Gasteiger partial charge in [-0.1, -0.05) is 18.2 Å². The molecule has 20 heavy (non-hydrogen) atoms. The fraction of sp³-hybridized carbons (Fsp3) is 0.500. The van der Waals surface area contributed by atoms with Crippen LogP contribution in [0.25, 0.3) is 0 Å². The van der Waals surface area contributed by atoms with Gasteiger partial charge in [-0.05, 0) is 25.3 Å². The fourth-order valence-electron chi connectivity index (χ4n) is 2.23. The Morgan fingerprint density at radius 2 is 1.95 bits per heavy atom. The summed E-state index contributed by atoms with van der Waals surface area (Å²) >= 11 is 0. The molecule has 0 spiro atoms. The molecule has 2 rings (SSSR count). The predicted molar refractivity (Wildman–Crippen MR) is 73.8 cm³/mol. The summed E-state index contributed by atoms with van der Waals surface area (Å²) in [5.74, 6) is 0.620. The first-order valence-corrected chi connectivity index (χ1v) is 6.74. The van der Waals surface area contributed by atoms with Gasteiger partial charge >= 0.3 is 6.61 Å². The minimum absolute atomic E-state index is 0.151. The molecule has 0 unspecified atom stereocenters. The highest BCUT2D eigenvalue weighted by Crippen LogP contribution is 2.21. The smallest absolute Gasteiger partial charge is 0.387 e. The lowest BCUT2D eigenvalue weighted by molar-refractivity contribution is -0.0504. The molecule has 1 saturated heterocycles. The third kappa shape index (κ3) is 4.08. The Morgan fingerprint density at radius 1 is 1.25 bits per heavy atom. The molecule has 0 aliphatic carbocycles. The summed E-state index contributed by atoms with van der Waals surface area (Å²) in [6.07, 6.45) is 3.44. The molecule has 2 N–H and O–H groups in total. The van der Waals surface area contributed by atoms with Crippen molar-refractivity contribution in [3.63, 3.8) is 0 Å². The van der Waals surface area contributed by atoms with Crippen LogP contribution in [0.2, 0.25) is 0 Å². The number of nitrogens with two attached hydrogens (primary N) is 1. The van der Waals surface area contributed by atoms with Gasteiger partial charge < -0.3 is 15.4 Å². The number of aliphatic imine (C=N–C) groups is 1. The van der Waals surface area contributed by atoms with Crippen molar-refractivity contribution in [3.05, 3.63) is 29.8 Å². The third-order valence-corrected chi connectivity index (χ3v) is 3.28. The van der Waals surface area contributed by atoms with Crippen LogP contribution in [0.4, 0.5) is 8.78 Å². The number of alkyl halides is 2. The SMILES string of the molecule is NC(=NCc1ccccc1OC(F)F)N1CCCCC1. The van der Waals surface area contributed by atoms with E-state index in [1.165, 1.54) is 12.5 Å². The largest absolute Gasteiger partial charge is 0.434 e. The molecule has 1 aliphatic heterocycles. The van der Waals surface area contributed by atoms with E-state index in [1.807, 2.05) is 4.90 Å². The van der Waals surface area contributed by atoms with Crippen LogP contribution in [0.15, 0.2) is 29.3 Å². The maximum absolute atomic E-state index is 12.3. The average Bonchev–Trinajstić information content (AvgIpc) is 2.46. The van der Waals surface area contributed by atoms with E-state index in [9.17, 15) is 8.78 Å². The predicted octanol–water partition coefficient (Wildman–Crippen LogP) is 2.59. The number of nitrogens with zero attached hydrogens (tertiary/aromatic N) is 2. The van der Waals surface area contributed by atoms with Gasteiger partial charge in [0.1, 0.15) is 5.75 Å². The van der Waals surface area contributed by atoms with Crippen LogP contribution in [0.3, 0.4) is 0 Å². The van der Waals surface area contributed by atoms with Gasteiger partial charge in [-0.3, -0.25) is 0 Å². The number of rotatable bonds is 4. The van der Waals surface area contributed by atoms with Gasteiger partial charge in [0.2, 0.25) is 0 Å². The zero-order valence-corrected chi connectivity index (χ0v) is 11.3. The number of ether oxygens (including phenoxy) is 1. The maximum Gasteiger partial charge on any atom is 0.387 e. The molecule has 0 saturated carbocycles. The molecule has 0 radical (unpaired) electrons. The maximum atomic E-state index is 12.3. The Morgan fingerprint density at radius 3 is 2.65 bits per heavy atom. The quantitative estimate of drug-likeness (QED) is 0.682. The average molecular weight is 283 g/mol. The molecule has 0 bridgehead atoms. The minimum Gasteiger partial charge on any atom is -0.434 e. The van der Waals surface area contributed by atoms with Crippen molar-refractivity contribution in [2.45, 2.75) is 32.4 Å². The lowest BCUT2D eigenvalue weighted by Crippen LogP contribution is -2.40. The lowest BCUT2D eigenvalue weighted by Gasteiger charge is -2.27. The summed E-state index contributed by atoms with van der Waals surface area (Å²) in [5.41, 5.74) is 6.54. The monoisotopic (exact) mass is 283 g/mol. The Hall–Kier alpha value is -1.85. The van der Waals surface area contributed by atoms with E-state index in [2.05, 4.69) is 9.73 Å². The van der Waals surface area contributed by atoms with Crippen LogP contribution in [0.1, 0.15) is 24.8 Å². The molecule has 6 heteroatoms.